The maximum atomic E-state index is 13.0. The van der Waals surface area contributed by atoms with Crippen molar-refractivity contribution in [2.45, 2.75) is 13.5 Å². The zero-order chi connectivity index (χ0) is 22.0. The Morgan fingerprint density at radius 3 is 2.58 bits per heavy atom. The first-order valence-corrected chi connectivity index (χ1v) is 10.3. The molecule has 0 aliphatic heterocycles. The van der Waals surface area contributed by atoms with Gasteiger partial charge in [-0.3, -0.25) is 4.79 Å². The first-order valence-electron chi connectivity index (χ1n) is 9.45. The number of aromatic nitrogens is 3. The zero-order valence-corrected chi connectivity index (χ0v) is 18.1. The molecule has 0 saturated carbocycles. The minimum atomic E-state index is -0.379. The van der Waals surface area contributed by atoms with Crippen molar-refractivity contribution in [1.29, 1.82) is 0 Å². The fourth-order valence-electron chi connectivity index (χ4n) is 3.32. The summed E-state index contributed by atoms with van der Waals surface area (Å²) in [4.78, 5) is 17.9. The quantitative estimate of drug-likeness (QED) is 0.452. The molecule has 0 bridgehead atoms. The van der Waals surface area contributed by atoms with Gasteiger partial charge in [0.2, 0.25) is 0 Å². The number of ether oxygens (including phenoxy) is 2. The molecule has 0 atom stereocenters. The molecule has 2 heterocycles. The van der Waals surface area contributed by atoms with E-state index in [9.17, 15) is 4.79 Å². The highest BCUT2D eigenvalue weighted by molar-refractivity contribution is 7.16. The Hall–Kier alpha value is -3.83. The Kier molecular flexibility index (Phi) is 5.60. The molecule has 156 valence electrons. The fraction of sp³-hybridized carbons (Fsp3) is 0.174. The van der Waals surface area contributed by atoms with Gasteiger partial charge in [0.1, 0.15) is 0 Å². The van der Waals surface area contributed by atoms with Crippen molar-refractivity contribution in [2.75, 3.05) is 14.2 Å². The summed E-state index contributed by atoms with van der Waals surface area (Å²) in [6.45, 7) is 2.11. The largest absolute Gasteiger partial charge is 0.493 e. The molecule has 1 amide bonds. The van der Waals surface area contributed by atoms with Gasteiger partial charge in [0.15, 0.2) is 16.3 Å². The van der Waals surface area contributed by atoms with Gasteiger partial charge in [-0.1, -0.05) is 35.5 Å². The van der Waals surface area contributed by atoms with Crippen molar-refractivity contribution in [3.8, 4) is 29.5 Å². The molecular formula is C23H20N4O3S. The maximum Gasteiger partial charge on any atom is 0.283 e. The Labute approximate surface area is 183 Å². The van der Waals surface area contributed by atoms with Crippen LogP contribution in [-0.4, -0.2) is 34.5 Å². The summed E-state index contributed by atoms with van der Waals surface area (Å²) in [6.07, 6.45) is 7.12. The van der Waals surface area contributed by atoms with Gasteiger partial charge in [-0.2, -0.15) is 10.1 Å². The predicted octanol–water partition coefficient (Wildman–Crippen LogP) is 3.59. The van der Waals surface area contributed by atoms with Gasteiger partial charge < -0.3 is 14.0 Å². The van der Waals surface area contributed by atoms with Crippen molar-refractivity contribution >= 4 is 27.5 Å². The van der Waals surface area contributed by atoms with E-state index < -0.39 is 0 Å². The average molecular weight is 433 g/mol. The predicted molar refractivity (Wildman–Crippen MR) is 120 cm³/mol. The summed E-state index contributed by atoms with van der Waals surface area (Å²) < 4.78 is 15.2. The number of hydrogen-bond acceptors (Lipinski definition) is 5. The Morgan fingerprint density at radius 2 is 1.90 bits per heavy atom. The Morgan fingerprint density at radius 1 is 1.19 bits per heavy atom. The van der Waals surface area contributed by atoms with Gasteiger partial charge in [-0.05, 0) is 19.1 Å². The van der Waals surface area contributed by atoms with Gasteiger partial charge in [0, 0.05) is 12.1 Å². The van der Waals surface area contributed by atoms with Gasteiger partial charge in [-0.25, -0.2) is 4.68 Å². The lowest BCUT2D eigenvalue weighted by molar-refractivity contribution is 0.0997. The highest BCUT2D eigenvalue weighted by Crippen LogP contribution is 2.33. The van der Waals surface area contributed by atoms with E-state index in [1.807, 2.05) is 54.0 Å². The van der Waals surface area contributed by atoms with E-state index >= 15 is 0 Å². The summed E-state index contributed by atoms with van der Waals surface area (Å²) in [7, 11) is 3.15. The van der Waals surface area contributed by atoms with Crippen molar-refractivity contribution < 1.29 is 14.3 Å². The smallest absolute Gasteiger partial charge is 0.283 e. The number of para-hydroxylation sites is 1. The molecule has 7 nitrogen and oxygen atoms in total. The third-order valence-electron chi connectivity index (χ3n) is 4.88. The summed E-state index contributed by atoms with van der Waals surface area (Å²) in [5.41, 5.74) is 2.85. The molecule has 8 heteroatoms. The molecule has 0 radical (unpaired) electrons. The number of nitrogens with zero attached hydrogens (tertiary/aromatic N) is 4. The average Bonchev–Trinajstić information content (AvgIpc) is 3.33. The van der Waals surface area contributed by atoms with Crippen LogP contribution in [0.25, 0.3) is 15.9 Å². The SMILES string of the molecule is C#CCn1c(=NC(=O)c2cnn(-c3ccccc3)c2C)sc2cc(OC)c(OC)cc21. The van der Waals surface area contributed by atoms with Crippen LogP contribution in [-0.2, 0) is 6.54 Å². The van der Waals surface area contributed by atoms with Crippen molar-refractivity contribution in [1.82, 2.24) is 14.3 Å². The Bertz CT molecular complexity index is 1370. The minimum Gasteiger partial charge on any atom is -0.493 e. The highest BCUT2D eigenvalue weighted by Gasteiger charge is 2.17. The van der Waals surface area contributed by atoms with E-state index in [2.05, 4.69) is 16.0 Å². The van der Waals surface area contributed by atoms with Crippen molar-refractivity contribution in [3.05, 3.63) is 64.7 Å². The van der Waals surface area contributed by atoms with Gasteiger partial charge in [-0.15, -0.1) is 6.42 Å². The van der Waals surface area contributed by atoms with Crippen LogP contribution < -0.4 is 14.3 Å². The number of hydrogen-bond donors (Lipinski definition) is 0. The van der Waals surface area contributed by atoms with Crippen LogP contribution in [0, 0.1) is 19.3 Å². The van der Waals surface area contributed by atoms with E-state index in [1.54, 1.807) is 25.1 Å². The molecule has 0 spiro atoms. The standard InChI is InChI=1S/C23H20N4O3S/c1-5-11-26-18-12-19(29-3)20(30-4)13-21(18)31-23(26)25-22(28)17-14-24-27(15(17)2)16-9-7-6-8-10-16/h1,6-10,12-14H,11H2,2-4H3. The number of carbonyl (C=O) groups is 1. The van der Waals surface area contributed by atoms with Crippen LogP contribution >= 0.6 is 11.3 Å². The lowest BCUT2D eigenvalue weighted by atomic mass is 10.2. The normalized spacial score (nSPS) is 11.5. The molecule has 31 heavy (non-hydrogen) atoms. The van der Waals surface area contributed by atoms with Crippen LogP contribution in [0.2, 0.25) is 0 Å². The monoisotopic (exact) mass is 432 g/mol. The number of amides is 1. The van der Waals surface area contributed by atoms with Gasteiger partial charge in [0.25, 0.3) is 5.91 Å². The molecule has 0 aliphatic carbocycles. The van der Waals surface area contributed by atoms with Crippen LogP contribution in [0.1, 0.15) is 16.1 Å². The Balaban J connectivity index is 1.82. The second-order valence-corrected chi connectivity index (χ2v) is 7.67. The summed E-state index contributed by atoms with van der Waals surface area (Å²) >= 11 is 1.36. The van der Waals surface area contributed by atoms with Crippen LogP contribution in [0.5, 0.6) is 11.5 Å². The van der Waals surface area contributed by atoms with E-state index in [-0.39, 0.29) is 12.5 Å². The molecule has 0 unspecified atom stereocenters. The van der Waals surface area contributed by atoms with E-state index in [0.29, 0.717) is 27.6 Å². The van der Waals surface area contributed by atoms with Crippen molar-refractivity contribution in [3.63, 3.8) is 0 Å². The van der Waals surface area contributed by atoms with Crippen LogP contribution in [0.3, 0.4) is 0 Å². The zero-order valence-electron chi connectivity index (χ0n) is 17.3. The molecular weight excluding hydrogens is 412 g/mol. The molecule has 0 fully saturated rings. The first kappa shape index (κ1) is 20.4. The molecule has 0 saturated heterocycles. The van der Waals surface area contributed by atoms with Crippen molar-refractivity contribution in [2.24, 2.45) is 4.99 Å². The topological polar surface area (TPSA) is 70.6 Å². The third-order valence-corrected chi connectivity index (χ3v) is 5.92. The van der Waals surface area contributed by atoms with Crippen LogP contribution in [0.15, 0.2) is 53.7 Å². The highest BCUT2D eigenvalue weighted by atomic mass is 32.1. The number of benzene rings is 2. The molecule has 2 aromatic heterocycles. The summed E-state index contributed by atoms with van der Waals surface area (Å²) in [5, 5.41) is 4.36. The number of rotatable bonds is 5. The van der Waals surface area contributed by atoms with E-state index in [4.69, 9.17) is 15.9 Å². The number of fused-ring (bicyclic) bond motifs is 1. The number of terminal acetylenes is 1. The first-order chi connectivity index (χ1) is 15.1. The lowest BCUT2D eigenvalue weighted by Gasteiger charge is -2.08. The molecule has 0 aliphatic rings. The fourth-order valence-corrected chi connectivity index (χ4v) is 4.36. The molecule has 4 rings (SSSR count). The number of carbonyl (C=O) groups excluding carboxylic acids is 1. The molecule has 4 aromatic rings. The van der Waals surface area contributed by atoms with E-state index in [1.165, 1.54) is 11.3 Å². The summed E-state index contributed by atoms with van der Waals surface area (Å²) in [6, 6.07) is 13.3. The molecule has 0 N–H and O–H groups in total. The van der Waals surface area contributed by atoms with Gasteiger partial charge in [0.05, 0.1) is 54.1 Å². The lowest BCUT2D eigenvalue weighted by Crippen LogP contribution is -2.16. The van der Waals surface area contributed by atoms with Crippen LogP contribution in [0.4, 0.5) is 0 Å². The minimum absolute atomic E-state index is 0.268. The molecule has 2 aromatic carbocycles. The summed E-state index contributed by atoms with van der Waals surface area (Å²) in [5.74, 6) is 3.43. The maximum absolute atomic E-state index is 13.0. The third kappa shape index (κ3) is 3.71. The second-order valence-electron chi connectivity index (χ2n) is 6.66. The number of methoxy groups -OCH3 is 2. The van der Waals surface area contributed by atoms with E-state index in [0.717, 1.165) is 15.9 Å². The van der Waals surface area contributed by atoms with Gasteiger partial charge >= 0.3 is 0 Å². The second kappa shape index (κ2) is 8.50. The number of thiazole rings is 1.